The maximum absolute atomic E-state index is 12.9. The van der Waals surface area contributed by atoms with Crippen molar-refractivity contribution < 1.29 is 22.7 Å². The van der Waals surface area contributed by atoms with E-state index in [0.717, 1.165) is 80.7 Å². The predicted octanol–water partition coefficient (Wildman–Crippen LogP) is 26.0. The first-order valence-electron chi connectivity index (χ1n) is 34.3. The van der Waals surface area contributed by atoms with Crippen molar-refractivity contribution in [3.8, 4) is 0 Å². The summed E-state index contributed by atoms with van der Waals surface area (Å²) in [6.45, 7) is 18.3. The van der Waals surface area contributed by atoms with E-state index in [4.69, 9.17) is 0 Å². The molecule has 0 atom stereocenters. The Morgan fingerprint density at radius 2 is 0.610 bits per heavy atom. The van der Waals surface area contributed by atoms with Crippen LogP contribution in [0.25, 0.3) is 16.9 Å². The summed E-state index contributed by atoms with van der Waals surface area (Å²) in [6.07, 6.45) is 65.6. The zero-order chi connectivity index (χ0) is 55.7. The first-order valence-corrected chi connectivity index (χ1v) is 36.5. The van der Waals surface area contributed by atoms with Crippen LogP contribution in [0, 0.1) is 0 Å². The van der Waals surface area contributed by atoms with Gasteiger partial charge in [0.1, 0.15) is 0 Å². The Morgan fingerprint density at radius 1 is 0.325 bits per heavy atom. The molecule has 1 aliphatic rings. The van der Waals surface area contributed by atoms with Crippen LogP contribution in [0.1, 0.15) is 358 Å². The van der Waals surface area contributed by atoms with Crippen molar-refractivity contribution >= 4 is 11.4 Å². The van der Waals surface area contributed by atoms with Gasteiger partial charge in [-0.2, -0.15) is 0 Å². The molecule has 0 radical (unpaired) electrons. The van der Waals surface area contributed by atoms with Crippen LogP contribution in [0.3, 0.4) is 0 Å². The zero-order valence-electron chi connectivity index (χ0n) is 52.8. The monoisotopic (exact) mass is 1150 g/mol. The van der Waals surface area contributed by atoms with Gasteiger partial charge in [-0.05, 0) is 124 Å². The number of benzene rings is 2. The van der Waals surface area contributed by atoms with Gasteiger partial charge in [0.2, 0.25) is 11.4 Å². The van der Waals surface area contributed by atoms with Crippen molar-refractivity contribution in [2.45, 2.75) is 361 Å². The third-order valence-electron chi connectivity index (χ3n) is 16.3. The molecule has 0 fully saturated rings. The van der Waals surface area contributed by atoms with E-state index < -0.39 is 0 Å². The third-order valence-corrected chi connectivity index (χ3v) is 17.9. The van der Waals surface area contributed by atoms with Crippen LogP contribution in [0.4, 0.5) is 0 Å². The van der Waals surface area contributed by atoms with E-state index in [1.54, 1.807) is 4.70 Å². The first kappa shape index (κ1) is 71.0. The maximum atomic E-state index is 12.9. The topological polar surface area (TPSA) is 25.3 Å². The number of aryl methyl sites for hydroxylation is 4. The molecule has 1 aliphatic heterocycles. The van der Waals surface area contributed by atoms with Crippen molar-refractivity contribution in [3.63, 3.8) is 0 Å². The Balaban J connectivity index is 0.00000386. The summed E-state index contributed by atoms with van der Waals surface area (Å²) in [5.74, 6) is 0. The van der Waals surface area contributed by atoms with Crippen LogP contribution in [-0.2, 0) is 43.7 Å². The van der Waals surface area contributed by atoms with E-state index in [0.29, 0.717) is 0 Å². The van der Waals surface area contributed by atoms with E-state index in [9.17, 15) is 5.53 Å². The second kappa shape index (κ2) is 50.9. The number of hydrogen-bond acceptors (Lipinski definition) is 0. The first-order chi connectivity index (χ1) is 37.9. The Hall–Kier alpha value is -2.08. The SMILES string of the molecule is CCCCCCCCCCCCCCCCCCCCCCCCCCC=CC1=C(c2cc(CCCCCC)cc(CCCCCC)c2)[N+](=[N-])C(c2cc(CCCCC)cc(CCCCC)c2)=C1CCCC.C[CH2][Pd][CH2]C. The Bertz CT molecular complexity index is 1750. The molecule has 2 nitrogen and oxygen atoms in total. The van der Waals surface area contributed by atoms with Crippen LogP contribution in [0.5, 0.6) is 0 Å². The molecule has 1 heterocycles. The van der Waals surface area contributed by atoms with Crippen molar-refractivity contribution in [2.75, 3.05) is 0 Å². The van der Waals surface area contributed by atoms with Crippen molar-refractivity contribution in [1.29, 1.82) is 0 Å². The van der Waals surface area contributed by atoms with Crippen molar-refractivity contribution in [3.05, 3.63) is 98.6 Å². The number of hydrogen-bond donors (Lipinski definition) is 0. The van der Waals surface area contributed by atoms with Crippen molar-refractivity contribution in [1.82, 2.24) is 0 Å². The molecule has 0 saturated heterocycles. The predicted molar refractivity (Wildman–Crippen MR) is 343 cm³/mol. The normalized spacial score (nSPS) is 12.8. The van der Waals surface area contributed by atoms with Gasteiger partial charge in [0.25, 0.3) is 0 Å². The molecule has 2 aromatic carbocycles. The summed E-state index contributed by atoms with van der Waals surface area (Å²) < 4.78 is 1.67. The molecule has 444 valence electrons. The fourth-order valence-corrected chi connectivity index (χ4v) is 12.4. The Morgan fingerprint density at radius 3 is 0.935 bits per heavy atom. The molecular formula is C74H128N2Pd. The average molecular weight is 1150 g/mol. The number of rotatable bonds is 51. The van der Waals surface area contributed by atoms with E-state index in [2.05, 4.69) is 104 Å². The van der Waals surface area contributed by atoms with Gasteiger partial charge in [-0.25, -0.2) is 4.70 Å². The minimum absolute atomic E-state index is 0.983. The second-order valence-electron chi connectivity index (χ2n) is 23.5. The molecule has 3 heteroatoms. The summed E-state index contributed by atoms with van der Waals surface area (Å²) in [5.41, 5.74) is 25.7. The number of allylic oxidation sites excluding steroid dienone is 4. The third kappa shape index (κ3) is 34.1. The fourth-order valence-electron chi connectivity index (χ4n) is 11.6. The average Bonchev–Trinajstić information content (AvgIpc) is 3.71. The number of unbranched alkanes of at least 4 members (excludes halogenated alkanes) is 35. The molecule has 0 aromatic heterocycles. The molecule has 77 heavy (non-hydrogen) atoms. The fraction of sp³-hybridized carbons (Fsp3) is 0.757. The van der Waals surface area contributed by atoms with Crippen LogP contribution < -0.4 is 0 Å². The van der Waals surface area contributed by atoms with Gasteiger partial charge in [-0.3, -0.25) is 0 Å². The molecule has 0 spiro atoms. The standard InChI is InChI=1S/C70H118N2.2C2H5.Pd/c1-7-13-19-22-23-24-25-26-27-28-29-30-31-32-33-34-35-36-37-38-39-40-41-42-43-48-54-68-67(53-18-12-6)69(65-57-61(49-44-16-10-4)55-62(58-65)50-45-17-11-5)72(71)70(68)66-59-63(51-46-20-14-8-2)56-64(60-66)52-47-21-15-9-3;2*1-2;/h48,54-60H,7-47,49-53H2,1-6H3;2*1H2,2H3;. The molecule has 3 rings (SSSR count). The molecule has 0 unspecified atom stereocenters. The molecule has 0 N–H and O–H groups in total. The molecule has 0 aliphatic carbocycles. The summed E-state index contributed by atoms with van der Waals surface area (Å²) >= 11 is 1.04. The van der Waals surface area contributed by atoms with Gasteiger partial charge < -0.3 is 5.53 Å². The van der Waals surface area contributed by atoms with Gasteiger partial charge in [0.05, 0.1) is 5.57 Å². The van der Waals surface area contributed by atoms with E-state index in [-0.39, 0.29) is 0 Å². The second-order valence-corrected chi connectivity index (χ2v) is 26.5. The molecule has 2 aromatic rings. The van der Waals surface area contributed by atoms with Crippen LogP contribution in [-0.4, -0.2) is 4.70 Å². The summed E-state index contributed by atoms with van der Waals surface area (Å²) in [4.78, 5) is 2.79. The van der Waals surface area contributed by atoms with Gasteiger partial charge in [0.15, 0.2) is 0 Å². The molecule has 0 amide bonds. The molecule has 0 bridgehead atoms. The zero-order valence-corrected chi connectivity index (χ0v) is 54.3. The van der Waals surface area contributed by atoms with Gasteiger partial charge in [0, 0.05) is 16.7 Å². The summed E-state index contributed by atoms with van der Waals surface area (Å²) in [6, 6.07) is 14.8. The quantitative estimate of drug-likeness (QED) is 0.0358. The van der Waals surface area contributed by atoms with Crippen LogP contribution in [0.15, 0.2) is 59.7 Å². The van der Waals surface area contributed by atoms with Gasteiger partial charge in [-0.1, -0.05) is 284 Å². The molecule has 0 saturated carbocycles. The van der Waals surface area contributed by atoms with E-state index in [1.807, 2.05) is 0 Å². The Labute approximate surface area is 490 Å². The van der Waals surface area contributed by atoms with E-state index in [1.165, 1.54) is 298 Å². The van der Waals surface area contributed by atoms with Gasteiger partial charge >= 0.3 is 41.6 Å². The minimum atomic E-state index is 0.983. The summed E-state index contributed by atoms with van der Waals surface area (Å²) in [7, 11) is 0. The number of nitrogens with zero attached hydrogens (tertiary/aromatic N) is 2. The van der Waals surface area contributed by atoms with Crippen LogP contribution in [0.2, 0.25) is 9.79 Å². The van der Waals surface area contributed by atoms with Crippen LogP contribution >= 0.6 is 0 Å². The Kier molecular flexibility index (Phi) is 46.9. The molecular weight excluding hydrogens is 1020 g/mol. The van der Waals surface area contributed by atoms with Crippen molar-refractivity contribution in [2.24, 2.45) is 0 Å². The van der Waals surface area contributed by atoms with Gasteiger partial charge in [-0.15, -0.1) is 0 Å². The summed E-state index contributed by atoms with van der Waals surface area (Å²) in [5, 5.41) is 0. The van der Waals surface area contributed by atoms with E-state index >= 15 is 0 Å².